The highest BCUT2D eigenvalue weighted by Gasteiger charge is 2.29. The standard InChI is InChI=1S/C23H31NO4S/c1-14-12-24(13-15(2)27-14)21-10-8-9-11-22(21)28-29(25,26)23-19(6)17(4)16(3)18(5)20(23)7/h8-11,14-15H,12-13H2,1-7H3/t14-,15+. The van der Waals surface area contributed by atoms with Gasteiger partial charge in [-0.05, 0) is 88.4 Å². The highest BCUT2D eigenvalue weighted by molar-refractivity contribution is 7.87. The summed E-state index contributed by atoms with van der Waals surface area (Å²) in [4.78, 5) is 2.41. The molecule has 2 aromatic rings. The second-order valence-electron chi connectivity index (χ2n) is 8.12. The SMILES string of the molecule is Cc1c(C)c(C)c(S(=O)(=O)Oc2ccccc2N2C[C@@H](C)O[C@@H](C)C2)c(C)c1C. The van der Waals surface area contributed by atoms with Crippen molar-refractivity contribution in [2.24, 2.45) is 0 Å². The molecule has 0 N–H and O–H groups in total. The molecular weight excluding hydrogens is 386 g/mol. The van der Waals surface area contributed by atoms with Crippen LogP contribution >= 0.6 is 0 Å². The van der Waals surface area contributed by atoms with E-state index in [9.17, 15) is 8.42 Å². The quantitative estimate of drug-likeness (QED) is 0.680. The topological polar surface area (TPSA) is 55.8 Å². The fraction of sp³-hybridized carbons (Fsp3) is 0.478. The molecule has 1 aliphatic heterocycles. The first-order valence-corrected chi connectivity index (χ1v) is 11.4. The largest absolute Gasteiger partial charge is 0.377 e. The van der Waals surface area contributed by atoms with Crippen LogP contribution in [0.25, 0.3) is 0 Å². The molecule has 0 radical (unpaired) electrons. The number of para-hydroxylation sites is 2. The molecule has 6 heteroatoms. The van der Waals surface area contributed by atoms with Crippen molar-refractivity contribution in [3.63, 3.8) is 0 Å². The van der Waals surface area contributed by atoms with Crippen LogP contribution in [-0.4, -0.2) is 33.7 Å². The molecule has 1 saturated heterocycles. The highest BCUT2D eigenvalue weighted by Crippen LogP contribution is 2.35. The van der Waals surface area contributed by atoms with Crippen molar-refractivity contribution >= 4 is 15.8 Å². The zero-order valence-electron chi connectivity index (χ0n) is 18.4. The summed E-state index contributed by atoms with van der Waals surface area (Å²) in [7, 11) is -3.98. The van der Waals surface area contributed by atoms with Gasteiger partial charge in [-0.3, -0.25) is 0 Å². The molecule has 0 spiro atoms. The van der Waals surface area contributed by atoms with Crippen LogP contribution in [0.1, 0.15) is 41.7 Å². The van der Waals surface area contributed by atoms with E-state index >= 15 is 0 Å². The summed E-state index contributed by atoms with van der Waals surface area (Å²) >= 11 is 0. The number of ether oxygens (including phenoxy) is 1. The number of nitrogens with zero attached hydrogens (tertiary/aromatic N) is 1. The lowest BCUT2D eigenvalue weighted by atomic mass is 9.95. The molecule has 1 fully saturated rings. The van der Waals surface area contributed by atoms with Gasteiger partial charge in [0.15, 0.2) is 5.75 Å². The molecule has 3 rings (SSSR count). The van der Waals surface area contributed by atoms with E-state index in [0.717, 1.165) is 33.5 Å². The van der Waals surface area contributed by atoms with E-state index in [-0.39, 0.29) is 17.1 Å². The van der Waals surface area contributed by atoms with E-state index < -0.39 is 10.1 Å². The van der Waals surface area contributed by atoms with Gasteiger partial charge >= 0.3 is 10.1 Å². The number of hydrogen-bond donors (Lipinski definition) is 0. The van der Waals surface area contributed by atoms with Crippen molar-refractivity contribution in [2.45, 2.75) is 65.6 Å². The maximum atomic E-state index is 13.4. The van der Waals surface area contributed by atoms with E-state index in [1.165, 1.54) is 0 Å². The Bertz CT molecular complexity index is 990. The minimum atomic E-state index is -3.98. The molecule has 1 aliphatic rings. The van der Waals surface area contributed by atoms with Crippen LogP contribution < -0.4 is 9.08 Å². The number of benzene rings is 2. The van der Waals surface area contributed by atoms with Gasteiger partial charge in [0.25, 0.3) is 0 Å². The minimum absolute atomic E-state index is 0.0651. The Kier molecular flexibility index (Phi) is 5.97. The summed E-state index contributed by atoms with van der Waals surface area (Å²) in [5, 5.41) is 0. The third-order valence-electron chi connectivity index (χ3n) is 6.01. The molecule has 158 valence electrons. The van der Waals surface area contributed by atoms with Crippen molar-refractivity contribution in [1.29, 1.82) is 0 Å². The maximum Gasteiger partial charge on any atom is 0.339 e. The van der Waals surface area contributed by atoms with Gasteiger partial charge in [0.2, 0.25) is 0 Å². The number of anilines is 1. The summed E-state index contributed by atoms with van der Waals surface area (Å²) in [5.74, 6) is 0.350. The van der Waals surface area contributed by atoms with Gasteiger partial charge in [0, 0.05) is 13.1 Å². The zero-order chi connectivity index (χ0) is 21.5. The molecule has 0 aliphatic carbocycles. The molecule has 0 unspecified atom stereocenters. The van der Waals surface area contributed by atoms with Crippen molar-refractivity contribution < 1.29 is 17.3 Å². The first kappa shape index (κ1) is 21.7. The molecule has 1 heterocycles. The van der Waals surface area contributed by atoms with Crippen LogP contribution in [-0.2, 0) is 14.9 Å². The van der Waals surface area contributed by atoms with Crippen LogP contribution in [0.4, 0.5) is 5.69 Å². The van der Waals surface area contributed by atoms with Crippen molar-refractivity contribution in [3.8, 4) is 5.75 Å². The molecule has 2 aromatic carbocycles. The fourth-order valence-corrected chi connectivity index (χ4v) is 5.68. The Morgan fingerprint density at radius 3 is 1.90 bits per heavy atom. The molecule has 5 nitrogen and oxygen atoms in total. The van der Waals surface area contributed by atoms with Crippen molar-refractivity contribution in [2.75, 3.05) is 18.0 Å². The fourth-order valence-electron chi connectivity index (χ4n) is 4.16. The van der Waals surface area contributed by atoms with Crippen LogP contribution in [0.3, 0.4) is 0 Å². The van der Waals surface area contributed by atoms with E-state index in [1.54, 1.807) is 12.1 Å². The van der Waals surface area contributed by atoms with Gasteiger partial charge in [0.05, 0.1) is 17.9 Å². The third kappa shape index (κ3) is 4.14. The van der Waals surface area contributed by atoms with Crippen LogP contribution in [0.5, 0.6) is 5.75 Å². The van der Waals surface area contributed by atoms with Crippen LogP contribution in [0.2, 0.25) is 0 Å². The van der Waals surface area contributed by atoms with Crippen molar-refractivity contribution in [3.05, 3.63) is 52.1 Å². The lowest BCUT2D eigenvalue weighted by Crippen LogP contribution is -2.45. The lowest BCUT2D eigenvalue weighted by Gasteiger charge is -2.37. The Morgan fingerprint density at radius 1 is 0.862 bits per heavy atom. The van der Waals surface area contributed by atoms with Crippen LogP contribution in [0.15, 0.2) is 29.2 Å². The second kappa shape index (κ2) is 8.00. The zero-order valence-corrected chi connectivity index (χ0v) is 19.2. The minimum Gasteiger partial charge on any atom is -0.377 e. The second-order valence-corrected chi connectivity index (χ2v) is 9.60. The molecule has 0 aromatic heterocycles. The number of rotatable bonds is 4. The summed E-state index contributed by atoms with van der Waals surface area (Å²) in [6, 6.07) is 7.32. The normalized spacial score (nSPS) is 20.0. The Balaban J connectivity index is 2.04. The Hall–Kier alpha value is -2.05. The van der Waals surface area contributed by atoms with Gasteiger partial charge in [-0.25, -0.2) is 0 Å². The van der Waals surface area contributed by atoms with Crippen LogP contribution in [0, 0.1) is 34.6 Å². The molecule has 0 bridgehead atoms. The van der Waals surface area contributed by atoms with E-state index in [1.807, 2.05) is 60.6 Å². The summed E-state index contributed by atoms with van der Waals surface area (Å²) in [6.07, 6.45) is 0.130. The Labute approximate surface area is 174 Å². The first-order chi connectivity index (χ1) is 13.5. The average molecular weight is 418 g/mol. The Morgan fingerprint density at radius 2 is 1.34 bits per heavy atom. The number of morpholine rings is 1. The predicted octanol–water partition coefficient (Wildman–Crippen LogP) is 4.61. The van der Waals surface area contributed by atoms with Gasteiger partial charge in [-0.15, -0.1) is 0 Å². The number of hydrogen-bond acceptors (Lipinski definition) is 5. The highest BCUT2D eigenvalue weighted by atomic mass is 32.2. The average Bonchev–Trinajstić information content (AvgIpc) is 2.64. The van der Waals surface area contributed by atoms with E-state index in [2.05, 4.69) is 4.90 Å². The monoisotopic (exact) mass is 417 g/mol. The van der Waals surface area contributed by atoms with Gasteiger partial charge in [0.1, 0.15) is 4.90 Å². The third-order valence-corrected chi connectivity index (χ3v) is 7.52. The van der Waals surface area contributed by atoms with Gasteiger partial charge in [-0.2, -0.15) is 8.42 Å². The predicted molar refractivity (Wildman–Crippen MR) is 117 cm³/mol. The maximum absolute atomic E-state index is 13.4. The smallest absolute Gasteiger partial charge is 0.339 e. The molecule has 2 atom stereocenters. The van der Waals surface area contributed by atoms with E-state index in [0.29, 0.717) is 18.8 Å². The molecule has 29 heavy (non-hydrogen) atoms. The lowest BCUT2D eigenvalue weighted by molar-refractivity contribution is -0.00527. The molecule has 0 saturated carbocycles. The van der Waals surface area contributed by atoms with E-state index in [4.69, 9.17) is 8.92 Å². The van der Waals surface area contributed by atoms with Crippen molar-refractivity contribution in [1.82, 2.24) is 0 Å². The first-order valence-electron chi connectivity index (χ1n) is 10.0. The molecule has 0 amide bonds. The molecular formula is C23H31NO4S. The van der Waals surface area contributed by atoms with Gasteiger partial charge < -0.3 is 13.8 Å². The van der Waals surface area contributed by atoms with Gasteiger partial charge in [-0.1, -0.05) is 12.1 Å². The summed E-state index contributed by atoms with van der Waals surface area (Å²) in [6.45, 7) is 15.1. The summed E-state index contributed by atoms with van der Waals surface area (Å²) < 4.78 is 38.3. The summed E-state index contributed by atoms with van der Waals surface area (Å²) in [5.41, 5.74) is 5.36.